The van der Waals surface area contributed by atoms with Gasteiger partial charge in [-0.2, -0.15) is 0 Å². The number of carboxylic acid groups (broad SMARTS) is 2. The van der Waals surface area contributed by atoms with Crippen molar-refractivity contribution in [3.8, 4) is 5.75 Å². The monoisotopic (exact) mass is 563 g/mol. The fourth-order valence-electron chi connectivity index (χ4n) is 3.41. The van der Waals surface area contributed by atoms with Gasteiger partial charge in [-0.3, -0.25) is 14.4 Å². The number of benzene rings is 2. The Morgan fingerprint density at radius 2 is 1.64 bits per heavy atom. The van der Waals surface area contributed by atoms with Gasteiger partial charge in [-0.05, 0) is 77.9 Å². The van der Waals surface area contributed by atoms with Crippen molar-refractivity contribution in [3.05, 3.63) is 63.4 Å². The molecular formula is C24H22INO7. The van der Waals surface area contributed by atoms with Gasteiger partial charge in [0.2, 0.25) is 0 Å². The summed E-state index contributed by atoms with van der Waals surface area (Å²) in [5, 5.41) is 18.5. The van der Waals surface area contributed by atoms with E-state index in [0.29, 0.717) is 35.1 Å². The third-order valence-electron chi connectivity index (χ3n) is 5.03. The van der Waals surface area contributed by atoms with Crippen molar-refractivity contribution in [3.63, 3.8) is 0 Å². The Labute approximate surface area is 203 Å². The molecule has 0 aliphatic heterocycles. The molecule has 0 radical (unpaired) electrons. The number of rotatable bonds is 12. The molecule has 0 spiro atoms. The Bertz CT molecular complexity index is 1200. The number of carboxylic acids is 2. The molecule has 3 rings (SSSR count). The number of ketones is 2. The smallest absolute Gasteiger partial charge is 0.335 e. The highest BCUT2D eigenvalue weighted by molar-refractivity contribution is 14.1. The zero-order valence-corrected chi connectivity index (χ0v) is 19.8. The molecule has 0 atom stereocenters. The SMILES string of the molecule is O=C(O)CCCCC(=O)c1cn(CC(=O)COc2ccc(I)cc2)c2ccc(C(=O)O)cc12. The molecule has 8 nitrogen and oxygen atoms in total. The fourth-order valence-corrected chi connectivity index (χ4v) is 3.77. The summed E-state index contributed by atoms with van der Waals surface area (Å²) in [6.07, 6.45) is 2.44. The van der Waals surface area contributed by atoms with E-state index in [1.165, 1.54) is 12.1 Å². The molecule has 33 heavy (non-hydrogen) atoms. The van der Waals surface area contributed by atoms with Gasteiger partial charge in [-0.25, -0.2) is 4.79 Å². The van der Waals surface area contributed by atoms with Crippen LogP contribution < -0.4 is 4.74 Å². The van der Waals surface area contributed by atoms with Gasteiger partial charge in [0.25, 0.3) is 0 Å². The molecule has 0 saturated heterocycles. The summed E-state index contributed by atoms with van der Waals surface area (Å²) in [5.74, 6) is -1.91. The number of carbonyl (C=O) groups excluding carboxylic acids is 2. The van der Waals surface area contributed by atoms with E-state index in [0.717, 1.165) is 3.57 Å². The van der Waals surface area contributed by atoms with Crippen LogP contribution in [0, 0.1) is 3.57 Å². The number of hydrogen-bond acceptors (Lipinski definition) is 5. The second-order valence-corrected chi connectivity index (χ2v) is 8.76. The van der Waals surface area contributed by atoms with E-state index in [9.17, 15) is 24.3 Å². The number of nitrogens with zero attached hydrogens (tertiary/aromatic N) is 1. The first kappa shape index (κ1) is 24.4. The lowest BCUT2D eigenvalue weighted by Crippen LogP contribution is -2.17. The molecule has 2 N–H and O–H groups in total. The zero-order chi connectivity index (χ0) is 24.0. The maximum absolute atomic E-state index is 12.8. The first-order chi connectivity index (χ1) is 15.7. The van der Waals surface area contributed by atoms with Crippen LogP contribution in [0.25, 0.3) is 10.9 Å². The van der Waals surface area contributed by atoms with Crippen LogP contribution in [-0.2, 0) is 16.1 Å². The van der Waals surface area contributed by atoms with Gasteiger partial charge in [0.1, 0.15) is 12.4 Å². The summed E-state index contributed by atoms with van der Waals surface area (Å²) < 4.78 is 8.20. The van der Waals surface area contributed by atoms with Crippen molar-refractivity contribution < 1.29 is 34.1 Å². The molecule has 1 heterocycles. The fraction of sp³-hybridized carbons (Fsp3) is 0.250. The van der Waals surface area contributed by atoms with Crippen LogP contribution in [0.15, 0.2) is 48.7 Å². The number of aliphatic carboxylic acids is 1. The molecule has 0 aliphatic rings. The van der Waals surface area contributed by atoms with Crippen LogP contribution in [0.4, 0.5) is 0 Å². The number of fused-ring (bicyclic) bond motifs is 1. The minimum absolute atomic E-state index is 0.0206. The zero-order valence-electron chi connectivity index (χ0n) is 17.6. The lowest BCUT2D eigenvalue weighted by atomic mass is 10.0. The highest BCUT2D eigenvalue weighted by atomic mass is 127. The number of ether oxygens (including phenoxy) is 1. The lowest BCUT2D eigenvalue weighted by Gasteiger charge is -2.07. The molecule has 0 unspecified atom stereocenters. The van der Waals surface area contributed by atoms with Crippen LogP contribution in [0.1, 0.15) is 46.4 Å². The van der Waals surface area contributed by atoms with E-state index in [4.69, 9.17) is 9.84 Å². The summed E-state index contributed by atoms with van der Waals surface area (Å²) in [7, 11) is 0. The minimum Gasteiger partial charge on any atom is -0.486 e. The maximum Gasteiger partial charge on any atom is 0.335 e. The number of carbonyl (C=O) groups is 4. The van der Waals surface area contributed by atoms with E-state index in [2.05, 4.69) is 22.6 Å². The average Bonchev–Trinajstić information content (AvgIpc) is 3.13. The molecule has 3 aromatic rings. The highest BCUT2D eigenvalue weighted by Gasteiger charge is 2.18. The summed E-state index contributed by atoms with van der Waals surface area (Å²) in [6.45, 7) is -0.189. The molecule has 172 valence electrons. The Hall–Kier alpha value is -3.21. The van der Waals surface area contributed by atoms with Gasteiger partial charge < -0.3 is 19.5 Å². The Morgan fingerprint density at radius 3 is 2.30 bits per heavy atom. The van der Waals surface area contributed by atoms with Gasteiger partial charge in [0.05, 0.1) is 12.1 Å². The third-order valence-corrected chi connectivity index (χ3v) is 5.75. The molecular weight excluding hydrogens is 541 g/mol. The number of hydrogen-bond donors (Lipinski definition) is 2. The van der Waals surface area contributed by atoms with Gasteiger partial charge in [0.15, 0.2) is 11.6 Å². The molecule has 0 saturated carbocycles. The van der Waals surface area contributed by atoms with E-state index in [-0.39, 0.29) is 43.1 Å². The minimum atomic E-state index is -1.12. The lowest BCUT2D eigenvalue weighted by molar-refractivity contribution is -0.137. The van der Waals surface area contributed by atoms with Crippen molar-refractivity contribution in [1.82, 2.24) is 4.57 Å². The second kappa shape index (κ2) is 11.1. The summed E-state index contributed by atoms with van der Waals surface area (Å²) >= 11 is 2.17. The number of aromatic nitrogens is 1. The number of unbranched alkanes of at least 4 members (excludes halogenated alkanes) is 1. The largest absolute Gasteiger partial charge is 0.486 e. The third kappa shape index (κ3) is 6.64. The number of halogens is 1. The van der Waals surface area contributed by atoms with Crippen LogP contribution in [0.5, 0.6) is 5.75 Å². The molecule has 0 amide bonds. The molecule has 0 aliphatic carbocycles. The predicted octanol–water partition coefficient (Wildman–Crippen LogP) is 4.42. The van der Waals surface area contributed by atoms with Crippen molar-refractivity contribution in [2.45, 2.75) is 32.2 Å². The molecule has 0 bridgehead atoms. The first-order valence-corrected chi connectivity index (χ1v) is 11.3. The standard InChI is InChI=1S/C24H22INO7/c25-16-6-8-18(9-7-16)33-14-17(27)12-26-13-20(22(28)3-1-2-4-23(29)30)19-11-15(24(31)32)5-10-21(19)26/h5-11,13H,1-4,12,14H2,(H,29,30)(H,31,32). The summed E-state index contributed by atoms with van der Waals surface area (Å²) in [6, 6.07) is 11.7. The first-order valence-electron chi connectivity index (χ1n) is 10.3. The van der Waals surface area contributed by atoms with Crippen molar-refractivity contribution in [1.29, 1.82) is 0 Å². The maximum atomic E-state index is 12.8. The summed E-state index contributed by atoms with van der Waals surface area (Å²) in [4.78, 5) is 47.4. The van der Waals surface area contributed by atoms with Crippen LogP contribution >= 0.6 is 22.6 Å². The van der Waals surface area contributed by atoms with E-state index in [1.807, 2.05) is 12.1 Å². The normalized spacial score (nSPS) is 10.8. The van der Waals surface area contributed by atoms with Gasteiger partial charge in [-0.1, -0.05) is 0 Å². The molecule has 2 aromatic carbocycles. The van der Waals surface area contributed by atoms with Crippen LogP contribution in [-0.4, -0.2) is 44.9 Å². The topological polar surface area (TPSA) is 123 Å². The molecule has 9 heteroatoms. The molecule has 1 aromatic heterocycles. The van der Waals surface area contributed by atoms with Crippen molar-refractivity contribution in [2.75, 3.05) is 6.61 Å². The van der Waals surface area contributed by atoms with Gasteiger partial charge in [0, 0.05) is 39.1 Å². The predicted molar refractivity (Wildman–Crippen MR) is 129 cm³/mol. The molecule has 0 fully saturated rings. The average molecular weight is 563 g/mol. The van der Waals surface area contributed by atoms with Crippen LogP contribution in [0.3, 0.4) is 0 Å². The van der Waals surface area contributed by atoms with E-state index < -0.39 is 11.9 Å². The Kier molecular flexibility index (Phi) is 8.21. The van der Waals surface area contributed by atoms with Crippen molar-refractivity contribution >= 4 is 57.0 Å². The van der Waals surface area contributed by atoms with Gasteiger partial charge in [-0.15, -0.1) is 0 Å². The quantitative estimate of drug-likeness (QED) is 0.190. The number of aromatic carboxylic acids is 1. The van der Waals surface area contributed by atoms with Crippen LogP contribution in [0.2, 0.25) is 0 Å². The Morgan fingerprint density at radius 1 is 0.939 bits per heavy atom. The Balaban J connectivity index is 1.78. The highest BCUT2D eigenvalue weighted by Crippen LogP contribution is 2.25. The van der Waals surface area contributed by atoms with E-state index >= 15 is 0 Å². The van der Waals surface area contributed by atoms with Gasteiger partial charge >= 0.3 is 11.9 Å². The summed E-state index contributed by atoms with van der Waals surface area (Å²) in [5.41, 5.74) is 0.917. The second-order valence-electron chi connectivity index (χ2n) is 7.51. The van der Waals surface area contributed by atoms with E-state index in [1.54, 1.807) is 29.0 Å². The number of Topliss-reactive ketones (excluding diaryl/α,β-unsaturated/α-hetero) is 2. The van der Waals surface area contributed by atoms with Crippen molar-refractivity contribution in [2.24, 2.45) is 0 Å².